The van der Waals surface area contributed by atoms with Gasteiger partial charge in [0, 0.05) is 28.1 Å². The monoisotopic (exact) mass is 344 g/mol. The molecule has 2 N–H and O–H groups in total. The number of halogens is 4. The summed E-state index contributed by atoms with van der Waals surface area (Å²) < 4.78 is 39.0. The highest BCUT2D eigenvalue weighted by molar-refractivity contribution is 9.10. The maximum absolute atomic E-state index is 12.9. The summed E-state index contributed by atoms with van der Waals surface area (Å²) in [5.41, 5.74) is 4.37. The third kappa shape index (κ3) is 2.82. The number of ketones is 1. The molecule has 1 heterocycles. The summed E-state index contributed by atoms with van der Waals surface area (Å²) in [6.07, 6.45) is -2.73. The molecule has 2 aromatic rings. The van der Waals surface area contributed by atoms with Crippen molar-refractivity contribution < 1.29 is 18.0 Å². The number of nitrogens with two attached hydrogens (primary N) is 1. The normalized spacial score (nSPS) is 11.4. The number of carbonyl (C=O) groups excluding carboxylic acids is 1. The Morgan fingerprint density at radius 1 is 1.20 bits per heavy atom. The molecule has 0 fully saturated rings. The summed E-state index contributed by atoms with van der Waals surface area (Å²) in [5, 5.41) is 0. The van der Waals surface area contributed by atoms with Crippen LogP contribution in [0.4, 0.5) is 18.9 Å². The molecule has 1 aromatic carbocycles. The highest BCUT2D eigenvalue weighted by Gasteiger charge is 2.35. The van der Waals surface area contributed by atoms with E-state index in [1.165, 1.54) is 18.2 Å². The molecule has 0 spiro atoms. The van der Waals surface area contributed by atoms with Crippen LogP contribution < -0.4 is 5.73 Å². The second-order valence-corrected chi connectivity index (χ2v) is 4.84. The van der Waals surface area contributed by atoms with E-state index < -0.39 is 23.1 Å². The Balaban J connectivity index is 2.57. The van der Waals surface area contributed by atoms with Crippen LogP contribution in [0.15, 0.2) is 41.1 Å². The van der Waals surface area contributed by atoms with Crippen molar-refractivity contribution in [1.82, 2.24) is 4.98 Å². The van der Waals surface area contributed by atoms with Crippen molar-refractivity contribution in [1.29, 1.82) is 0 Å². The molecule has 0 saturated heterocycles. The van der Waals surface area contributed by atoms with E-state index in [0.29, 0.717) is 4.47 Å². The molecule has 1 aromatic heterocycles. The van der Waals surface area contributed by atoms with Gasteiger partial charge in [0.1, 0.15) is 0 Å². The van der Waals surface area contributed by atoms with Gasteiger partial charge in [-0.05, 0) is 24.3 Å². The molecule has 0 bridgehead atoms. The third-order valence-corrected chi connectivity index (χ3v) is 3.30. The molecule has 0 saturated carbocycles. The zero-order chi connectivity index (χ0) is 14.9. The lowest BCUT2D eigenvalue weighted by Gasteiger charge is -2.12. The van der Waals surface area contributed by atoms with E-state index >= 15 is 0 Å². The predicted octanol–water partition coefficient (Wildman–Crippen LogP) is 3.68. The van der Waals surface area contributed by atoms with Gasteiger partial charge in [-0.1, -0.05) is 15.9 Å². The van der Waals surface area contributed by atoms with E-state index in [1.807, 2.05) is 0 Å². The number of hydrogen-bond acceptors (Lipinski definition) is 3. The molecule has 3 nitrogen and oxygen atoms in total. The average molecular weight is 345 g/mol. The number of pyridine rings is 1. The molecule has 20 heavy (non-hydrogen) atoms. The molecule has 0 atom stereocenters. The smallest absolute Gasteiger partial charge is 0.399 e. The maximum atomic E-state index is 12.9. The van der Waals surface area contributed by atoms with Crippen LogP contribution in [0.25, 0.3) is 0 Å². The molecule has 0 unspecified atom stereocenters. The van der Waals surface area contributed by atoms with Crippen molar-refractivity contribution in [2.75, 3.05) is 5.73 Å². The summed E-state index contributed by atoms with van der Waals surface area (Å²) in [7, 11) is 0. The first kappa shape index (κ1) is 14.5. The molecule has 2 rings (SSSR count). The fourth-order valence-electron chi connectivity index (χ4n) is 1.68. The van der Waals surface area contributed by atoms with Crippen LogP contribution in [0.2, 0.25) is 0 Å². The molecule has 0 radical (unpaired) electrons. The molecular formula is C13H8BrF3N2O. The summed E-state index contributed by atoms with van der Waals surface area (Å²) >= 11 is 3.13. The summed E-state index contributed by atoms with van der Waals surface area (Å²) in [6.45, 7) is 0. The molecule has 0 aliphatic carbocycles. The maximum Gasteiger partial charge on any atom is 0.417 e. The largest absolute Gasteiger partial charge is 0.417 e. The lowest BCUT2D eigenvalue weighted by Crippen LogP contribution is -2.14. The van der Waals surface area contributed by atoms with Gasteiger partial charge >= 0.3 is 6.18 Å². The van der Waals surface area contributed by atoms with Gasteiger partial charge in [0.2, 0.25) is 0 Å². The highest BCUT2D eigenvalue weighted by atomic mass is 79.9. The Kier molecular flexibility index (Phi) is 3.80. The standard InChI is InChI=1S/C13H8BrF3N2O/c14-11-2-1-7(18)5-8(11)12(20)9-6-19-4-3-10(9)13(15,16)17/h1-6H,18H2. The minimum absolute atomic E-state index is 0.0588. The quantitative estimate of drug-likeness (QED) is 0.667. The van der Waals surface area contributed by atoms with Crippen LogP contribution in [0, 0.1) is 0 Å². The lowest BCUT2D eigenvalue weighted by molar-refractivity contribution is -0.137. The van der Waals surface area contributed by atoms with Gasteiger partial charge in [0.25, 0.3) is 0 Å². The van der Waals surface area contributed by atoms with Crippen LogP contribution in [0.5, 0.6) is 0 Å². The number of carbonyl (C=O) groups is 1. The molecular weight excluding hydrogens is 337 g/mol. The van der Waals surface area contributed by atoms with E-state index in [1.54, 1.807) is 0 Å². The number of alkyl halides is 3. The number of nitrogens with zero attached hydrogens (tertiary/aromatic N) is 1. The SMILES string of the molecule is Nc1ccc(Br)c(C(=O)c2cnccc2C(F)(F)F)c1. The summed E-state index contributed by atoms with van der Waals surface area (Å²) in [6, 6.07) is 5.13. The summed E-state index contributed by atoms with van der Waals surface area (Å²) in [5.74, 6) is -0.787. The van der Waals surface area contributed by atoms with E-state index in [-0.39, 0.29) is 11.3 Å². The Morgan fingerprint density at radius 3 is 2.55 bits per heavy atom. The molecule has 0 amide bonds. The van der Waals surface area contributed by atoms with Crippen molar-refractivity contribution in [3.05, 3.63) is 57.8 Å². The zero-order valence-electron chi connectivity index (χ0n) is 9.91. The Morgan fingerprint density at radius 2 is 1.90 bits per heavy atom. The van der Waals surface area contributed by atoms with Crippen molar-refractivity contribution in [2.45, 2.75) is 6.18 Å². The number of benzene rings is 1. The Hall–Kier alpha value is -1.89. The van der Waals surface area contributed by atoms with Crippen LogP contribution in [-0.4, -0.2) is 10.8 Å². The van der Waals surface area contributed by atoms with E-state index in [9.17, 15) is 18.0 Å². The van der Waals surface area contributed by atoms with Gasteiger partial charge in [-0.25, -0.2) is 0 Å². The fraction of sp³-hybridized carbons (Fsp3) is 0.0769. The molecule has 0 aliphatic heterocycles. The topological polar surface area (TPSA) is 56.0 Å². The number of nitrogen functional groups attached to an aromatic ring is 1. The fourth-order valence-corrected chi connectivity index (χ4v) is 2.11. The summed E-state index contributed by atoms with van der Waals surface area (Å²) in [4.78, 5) is 15.9. The zero-order valence-corrected chi connectivity index (χ0v) is 11.5. The first-order valence-corrected chi connectivity index (χ1v) is 6.21. The van der Waals surface area contributed by atoms with Gasteiger partial charge in [0.15, 0.2) is 5.78 Å². The van der Waals surface area contributed by atoms with Crippen molar-refractivity contribution in [3.8, 4) is 0 Å². The van der Waals surface area contributed by atoms with Crippen molar-refractivity contribution >= 4 is 27.4 Å². The molecule has 104 valence electrons. The third-order valence-electron chi connectivity index (χ3n) is 2.61. The van der Waals surface area contributed by atoms with Gasteiger partial charge in [-0.2, -0.15) is 13.2 Å². The number of hydrogen-bond donors (Lipinski definition) is 1. The van der Waals surface area contributed by atoms with Crippen molar-refractivity contribution in [3.63, 3.8) is 0 Å². The first-order valence-electron chi connectivity index (χ1n) is 5.41. The minimum atomic E-state index is -4.62. The van der Waals surface area contributed by atoms with E-state index in [4.69, 9.17) is 5.73 Å². The molecule has 7 heteroatoms. The highest BCUT2D eigenvalue weighted by Crippen LogP contribution is 2.33. The second kappa shape index (κ2) is 5.24. The average Bonchev–Trinajstić information content (AvgIpc) is 2.40. The van der Waals surface area contributed by atoms with Crippen LogP contribution in [0.3, 0.4) is 0 Å². The first-order chi connectivity index (χ1) is 9.30. The van der Waals surface area contributed by atoms with E-state index in [2.05, 4.69) is 20.9 Å². The Labute approximate surface area is 120 Å². The van der Waals surface area contributed by atoms with Crippen LogP contribution in [0.1, 0.15) is 21.5 Å². The number of anilines is 1. The van der Waals surface area contributed by atoms with E-state index in [0.717, 1.165) is 18.5 Å². The van der Waals surface area contributed by atoms with Crippen LogP contribution in [-0.2, 0) is 6.18 Å². The van der Waals surface area contributed by atoms with Crippen LogP contribution >= 0.6 is 15.9 Å². The lowest BCUT2D eigenvalue weighted by atomic mass is 10.00. The number of rotatable bonds is 2. The minimum Gasteiger partial charge on any atom is -0.399 e. The molecule has 0 aliphatic rings. The van der Waals surface area contributed by atoms with Gasteiger partial charge in [-0.3, -0.25) is 9.78 Å². The Bertz CT molecular complexity index is 671. The number of aromatic nitrogens is 1. The van der Waals surface area contributed by atoms with Gasteiger partial charge in [-0.15, -0.1) is 0 Å². The second-order valence-electron chi connectivity index (χ2n) is 3.99. The predicted molar refractivity (Wildman–Crippen MR) is 71.2 cm³/mol. The van der Waals surface area contributed by atoms with Crippen molar-refractivity contribution in [2.24, 2.45) is 0 Å². The van der Waals surface area contributed by atoms with Gasteiger partial charge in [0.05, 0.1) is 11.1 Å². The van der Waals surface area contributed by atoms with Gasteiger partial charge < -0.3 is 5.73 Å².